The van der Waals surface area contributed by atoms with Gasteiger partial charge in [-0.1, -0.05) is 12.1 Å². The van der Waals surface area contributed by atoms with Gasteiger partial charge in [-0.05, 0) is 79.4 Å². The summed E-state index contributed by atoms with van der Waals surface area (Å²) in [5.41, 5.74) is 3.46. The molecule has 0 atom stereocenters. The number of rotatable bonds is 9. The summed E-state index contributed by atoms with van der Waals surface area (Å²) >= 11 is 0. The van der Waals surface area contributed by atoms with Crippen LogP contribution in [0.1, 0.15) is 40.7 Å². The molecule has 0 spiro atoms. The number of allylic oxidation sites excluding steroid dienone is 1. The molecule has 7 nitrogen and oxygen atoms in total. The summed E-state index contributed by atoms with van der Waals surface area (Å²) < 4.78 is 11.2. The summed E-state index contributed by atoms with van der Waals surface area (Å²) in [6.45, 7) is 2.36. The maximum absolute atomic E-state index is 12.7. The highest BCUT2D eigenvalue weighted by atomic mass is 16.6. The zero-order valence-corrected chi connectivity index (χ0v) is 19.7. The molecule has 35 heavy (non-hydrogen) atoms. The number of methoxy groups -OCH3 is 1. The molecular weight excluding hydrogens is 444 g/mol. The molecule has 1 fully saturated rings. The third kappa shape index (κ3) is 6.26. The van der Waals surface area contributed by atoms with E-state index in [1.165, 1.54) is 31.4 Å². The van der Waals surface area contributed by atoms with Gasteiger partial charge in [0.25, 0.3) is 5.69 Å². The van der Waals surface area contributed by atoms with Crippen molar-refractivity contribution >= 4 is 23.2 Å². The first-order valence-electron chi connectivity index (χ1n) is 11.6. The lowest BCUT2D eigenvalue weighted by molar-refractivity contribution is -0.384. The monoisotopic (exact) mass is 472 g/mol. The summed E-state index contributed by atoms with van der Waals surface area (Å²) in [4.78, 5) is 25.4. The Morgan fingerprint density at radius 1 is 1.00 bits per heavy atom. The molecule has 0 unspecified atom stereocenters. The summed E-state index contributed by atoms with van der Waals surface area (Å²) in [6, 6.07) is 19.3. The van der Waals surface area contributed by atoms with Crippen LogP contribution in [0.4, 0.5) is 11.4 Å². The van der Waals surface area contributed by atoms with E-state index in [-0.39, 0.29) is 18.1 Å². The van der Waals surface area contributed by atoms with Crippen molar-refractivity contribution in [3.05, 3.63) is 99.6 Å². The highest BCUT2D eigenvalue weighted by Crippen LogP contribution is 2.25. The average molecular weight is 473 g/mol. The van der Waals surface area contributed by atoms with Crippen LogP contribution in [0, 0.1) is 10.1 Å². The van der Waals surface area contributed by atoms with Gasteiger partial charge in [0.05, 0.1) is 12.0 Å². The molecule has 1 saturated heterocycles. The Bertz CT molecular complexity index is 1200. The van der Waals surface area contributed by atoms with E-state index in [0.29, 0.717) is 17.1 Å². The first kappa shape index (κ1) is 24.0. The first-order valence-corrected chi connectivity index (χ1v) is 11.6. The molecule has 4 rings (SSSR count). The summed E-state index contributed by atoms with van der Waals surface area (Å²) in [5, 5.41) is 10.8. The van der Waals surface area contributed by atoms with Gasteiger partial charge in [-0.2, -0.15) is 0 Å². The van der Waals surface area contributed by atoms with Crippen molar-refractivity contribution in [3.63, 3.8) is 0 Å². The number of piperidine rings is 1. The Balaban J connectivity index is 1.41. The lowest BCUT2D eigenvalue weighted by Crippen LogP contribution is -2.29. The highest BCUT2D eigenvalue weighted by molar-refractivity contribution is 6.07. The van der Waals surface area contributed by atoms with Crippen molar-refractivity contribution in [1.82, 2.24) is 0 Å². The molecule has 0 aliphatic carbocycles. The van der Waals surface area contributed by atoms with Crippen molar-refractivity contribution < 1.29 is 19.2 Å². The van der Waals surface area contributed by atoms with Crippen molar-refractivity contribution in [1.29, 1.82) is 0 Å². The number of hydrogen-bond acceptors (Lipinski definition) is 6. The Morgan fingerprint density at radius 3 is 2.37 bits per heavy atom. The van der Waals surface area contributed by atoms with Crippen molar-refractivity contribution in [3.8, 4) is 11.5 Å². The minimum Gasteiger partial charge on any atom is -0.496 e. The minimum absolute atomic E-state index is 0.00728. The quantitative estimate of drug-likeness (QED) is 0.163. The summed E-state index contributed by atoms with van der Waals surface area (Å²) in [5.74, 6) is 1.11. The van der Waals surface area contributed by atoms with E-state index in [1.54, 1.807) is 31.4 Å². The third-order valence-corrected chi connectivity index (χ3v) is 6.05. The maximum atomic E-state index is 12.7. The van der Waals surface area contributed by atoms with Gasteiger partial charge in [-0.25, -0.2) is 0 Å². The van der Waals surface area contributed by atoms with E-state index < -0.39 is 4.92 Å². The number of benzene rings is 3. The van der Waals surface area contributed by atoms with Gasteiger partial charge < -0.3 is 14.4 Å². The number of nitro groups is 1. The maximum Gasteiger partial charge on any atom is 0.269 e. The standard InChI is InChI=1S/C28H28N2O5/c1-34-28-16-6-21(19-23(28)20-35-26-13-11-25(12-14-26)30(32)33)5-15-27(31)22-7-9-24(10-8-22)29-17-3-2-4-18-29/h5-16,19H,2-4,17-18,20H2,1H3/b15-5+. The second-order valence-electron chi connectivity index (χ2n) is 8.40. The third-order valence-electron chi connectivity index (χ3n) is 6.05. The second-order valence-corrected chi connectivity index (χ2v) is 8.40. The number of hydrogen-bond donors (Lipinski definition) is 0. The smallest absolute Gasteiger partial charge is 0.269 e. The number of anilines is 1. The molecule has 1 heterocycles. The number of ether oxygens (including phenoxy) is 2. The molecule has 0 bridgehead atoms. The fraction of sp³-hybridized carbons (Fsp3) is 0.250. The molecule has 0 amide bonds. The average Bonchev–Trinajstić information content (AvgIpc) is 2.91. The molecule has 0 aromatic heterocycles. The Morgan fingerprint density at radius 2 is 1.71 bits per heavy atom. The van der Waals surface area contributed by atoms with Crippen molar-refractivity contribution in [2.45, 2.75) is 25.9 Å². The lowest BCUT2D eigenvalue weighted by Gasteiger charge is -2.28. The molecule has 0 N–H and O–H groups in total. The number of nitrogens with zero attached hydrogens (tertiary/aromatic N) is 2. The predicted molar refractivity (Wildman–Crippen MR) is 136 cm³/mol. The largest absolute Gasteiger partial charge is 0.496 e. The first-order chi connectivity index (χ1) is 17.0. The summed E-state index contributed by atoms with van der Waals surface area (Å²) in [7, 11) is 1.58. The number of ketones is 1. The zero-order valence-electron chi connectivity index (χ0n) is 19.7. The zero-order chi connectivity index (χ0) is 24.6. The molecule has 3 aromatic rings. The van der Waals surface area contributed by atoms with Crippen LogP contribution in [-0.2, 0) is 6.61 Å². The van der Waals surface area contributed by atoms with E-state index in [2.05, 4.69) is 4.90 Å². The fourth-order valence-corrected chi connectivity index (χ4v) is 4.10. The Hall–Kier alpha value is -4.13. The van der Waals surface area contributed by atoms with Crippen LogP contribution in [0.25, 0.3) is 6.08 Å². The van der Waals surface area contributed by atoms with Gasteiger partial charge in [-0.3, -0.25) is 14.9 Å². The fourth-order valence-electron chi connectivity index (χ4n) is 4.10. The van der Waals surface area contributed by atoms with Gasteiger partial charge in [-0.15, -0.1) is 0 Å². The normalized spacial score (nSPS) is 13.6. The predicted octanol–water partition coefficient (Wildman–Crippen LogP) is 6.07. The van der Waals surface area contributed by atoms with Crippen molar-refractivity contribution in [2.24, 2.45) is 0 Å². The highest BCUT2D eigenvalue weighted by Gasteiger charge is 2.12. The SMILES string of the molecule is COc1ccc(/C=C/C(=O)c2ccc(N3CCCCC3)cc2)cc1COc1ccc([N+](=O)[O-])cc1. The lowest BCUT2D eigenvalue weighted by atomic mass is 10.1. The van der Waals surface area contributed by atoms with Gasteiger partial charge in [0.1, 0.15) is 18.1 Å². The van der Waals surface area contributed by atoms with Crippen LogP contribution in [-0.4, -0.2) is 30.9 Å². The van der Waals surface area contributed by atoms with Crippen LogP contribution in [0.15, 0.2) is 72.8 Å². The van der Waals surface area contributed by atoms with E-state index in [0.717, 1.165) is 29.9 Å². The van der Waals surface area contributed by atoms with Gasteiger partial charge in [0.15, 0.2) is 5.78 Å². The van der Waals surface area contributed by atoms with E-state index >= 15 is 0 Å². The summed E-state index contributed by atoms with van der Waals surface area (Å²) in [6.07, 6.45) is 7.06. The number of carbonyl (C=O) groups excluding carboxylic acids is 1. The van der Waals surface area contributed by atoms with E-state index in [4.69, 9.17) is 9.47 Å². The van der Waals surface area contributed by atoms with Crippen LogP contribution in [0.5, 0.6) is 11.5 Å². The molecule has 3 aromatic carbocycles. The van der Waals surface area contributed by atoms with Gasteiger partial charge >= 0.3 is 0 Å². The van der Waals surface area contributed by atoms with Crippen LogP contribution in [0.3, 0.4) is 0 Å². The topological polar surface area (TPSA) is 81.9 Å². The van der Waals surface area contributed by atoms with Gasteiger partial charge in [0, 0.05) is 42.0 Å². The van der Waals surface area contributed by atoms with E-state index in [1.807, 2.05) is 42.5 Å². The molecule has 1 aliphatic rings. The molecular formula is C28H28N2O5. The van der Waals surface area contributed by atoms with Gasteiger partial charge in [0.2, 0.25) is 0 Å². The minimum atomic E-state index is -0.451. The number of carbonyl (C=O) groups is 1. The Labute approximate surface area is 204 Å². The molecule has 1 aliphatic heterocycles. The van der Waals surface area contributed by atoms with Crippen LogP contribution in [0.2, 0.25) is 0 Å². The van der Waals surface area contributed by atoms with Crippen LogP contribution >= 0.6 is 0 Å². The molecule has 180 valence electrons. The van der Waals surface area contributed by atoms with E-state index in [9.17, 15) is 14.9 Å². The van der Waals surface area contributed by atoms with Crippen LogP contribution < -0.4 is 14.4 Å². The molecule has 0 radical (unpaired) electrons. The molecule has 7 heteroatoms. The number of non-ortho nitro benzene ring substituents is 1. The van der Waals surface area contributed by atoms with Crippen molar-refractivity contribution in [2.75, 3.05) is 25.1 Å². The Kier molecular flexibility index (Phi) is 7.77. The second kappa shape index (κ2) is 11.3. The molecule has 0 saturated carbocycles. The number of nitro benzene ring substituents is 1.